The lowest BCUT2D eigenvalue weighted by molar-refractivity contribution is -0.142. The molecule has 1 fully saturated rings. The van der Waals surface area contributed by atoms with Crippen LogP contribution in [0.2, 0.25) is 0 Å². The molecule has 1 saturated heterocycles. The third-order valence-electron chi connectivity index (χ3n) is 2.38. The monoisotopic (exact) mass is 211 g/mol. The largest absolute Gasteiger partial charge is 0.467 e. The van der Waals surface area contributed by atoms with Gasteiger partial charge in [-0.1, -0.05) is 6.92 Å². The summed E-state index contributed by atoms with van der Waals surface area (Å²) >= 11 is 0. The van der Waals surface area contributed by atoms with Gasteiger partial charge in [-0.15, -0.1) is 0 Å². The van der Waals surface area contributed by atoms with E-state index in [1.165, 1.54) is 7.11 Å². The van der Waals surface area contributed by atoms with Crippen molar-refractivity contribution < 1.29 is 14.3 Å². The molecule has 0 aromatic rings. The van der Waals surface area contributed by atoms with Crippen molar-refractivity contribution >= 4 is 11.8 Å². The first-order valence-corrected chi connectivity index (χ1v) is 5.25. The molecule has 0 saturated carbocycles. The van der Waals surface area contributed by atoms with E-state index in [-0.39, 0.29) is 17.8 Å². The normalized spacial score (nSPS) is 22.5. The van der Waals surface area contributed by atoms with Gasteiger partial charge in [0.05, 0.1) is 7.11 Å². The van der Waals surface area contributed by atoms with Crippen LogP contribution < -0.4 is 5.32 Å². The molecular formula is C11H17NO3. The van der Waals surface area contributed by atoms with Crippen molar-refractivity contribution in [3.05, 3.63) is 11.8 Å². The molecule has 1 heterocycles. The minimum Gasteiger partial charge on any atom is -0.467 e. The molecule has 0 aromatic heterocycles. The Balaban J connectivity index is 2.48. The van der Waals surface area contributed by atoms with E-state index in [0.717, 1.165) is 18.5 Å². The summed E-state index contributed by atoms with van der Waals surface area (Å²) < 4.78 is 4.62. The van der Waals surface area contributed by atoms with Crippen LogP contribution in [0.1, 0.15) is 32.6 Å². The number of esters is 1. The van der Waals surface area contributed by atoms with Crippen LogP contribution in [0.3, 0.4) is 0 Å². The van der Waals surface area contributed by atoms with Gasteiger partial charge in [-0.3, -0.25) is 4.79 Å². The zero-order valence-corrected chi connectivity index (χ0v) is 9.21. The average molecular weight is 211 g/mol. The molecule has 0 bridgehead atoms. The van der Waals surface area contributed by atoms with E-state index >= 15 is 0 Å². The van der Waals surface area contributed by atoms with Gasteiger partial charge < -0.3 is 10.1 Å². The van der Waals surface area contributed by atoms with Crippen LogP contribution in [0.15, 0.2) is 11.8 Å². The van der Waals surface area contributed by atoms with Crippen molar-refractivity contribution in [1.82, 2.24) is 5.32 Å². The molecule has 0 unspecified atom stereocenters. The second kappa shape index (κ2) is 5.53. The standard InChI is InChI=1S/C11H17NO3/c1-3-4-9(13)7-8-5-6-10(12-8)11(14)15-2/h7,10,12H,3-6H2,1-2H3/b8-7-/t10-/m0/s1. The predicted octanol–water partition coefficient (Wildman–Crippen LogP) is 1.16. The fourth-order valence-electron chi connectivity index (χ4n) is 1.61. The van der Waals surface area contributed by atoms with Crippen molar-refractivity contribution in [3.8, 4) is 0 Å². The Morgan fingerprint density at radius 3 is 2.93 bits per heavy atom. The Kier molecular flexibility index (Phi) is 4.34. The summed E-state index contributed by atoms with van der Waals surface area (Å²) in [6.45, 7) is 1.97. The van der Waals surface area contributed by atoms with Crippen LogP contribution in [-0.4, -0.2) is 24.9 Å². The third kappa shape index (κ3) is 3.38. The second-order valence-electron chi connectivity index (χ2n) is 3.64. The first kappa shape index (κ1) is 11.8. The smallest absolute Gasteiger partial charge is 0.328 e. The van der Waals surface area contributed by atoms with Gasteiger partial charge >= 0.3 is 5.97 Å². The zero-order chi connectivity index (χ0) is 11.3. The zero-order valence-electron chi connectivity index (χ0n) is 9.21. The van der Waals surface area contributed by atoms with Crippen LogP contribution in [0.4, 0.5) is 0 Å². The van der Waals surface area contributed by atoms with E-state index in [2.05, 4.69) is 10.1 Å². The highest BCUT2D eigenvalue weighted by atomic mass is 16.5. The van der Waals surface area contributed by atoms with Gasteiger partial charge in [-0.25, -0.2) is 4.79 Å². The summed E-state index contributed by atoms with van der Waals surface area (Å²) in [5.41, 5.74) is 0.851. The molecule has 1 rings (SSSR count). The van der Waals surface area contributed by atoms with Gasteiger partial charge in [0.25, 0.3) is 0 Å². The summed E-state index contributed by atoms with van der Waals surface area (Å²) in [4.78, 5) is 22.5. The molecule has 84 valence electrons. The third-order valence-corrected chi connectivity index (χ3v) is 2.38. The second-order valence-corrected chi connectivity index (χ2v) is 3.64. The Hall–Kier alpha value is -1.32. The summed E-state index contributed by atoms with van der Waals surface area (Å²) in [5.74, 6) is -0.146. The van der Waals surface area contributed by atoms with Crippen molar-refractivity contribution in [2.24, 2.45) is 0 Å². The van der Waals surface area contributed by atoms with Gasteiger partial charge in [0, 0.05) is 18.2 Å². The van der Waals surface area contributed by atoms with Crippen LogP contribution in [0, 0.1) is 0 Å². The van der Waals surface area contributed by atoms with E-state index in [0.29, 0.717) is 12.8 Å². The van der Waals surface area contributed by atoms with E-state index < -0.39 is 0 Å². The SMILES string of the molecule is CCCC(=O)/C=C1/CC[C@@H](C(=O)OC)N1. The number of allylic oxidation sites excluding steroid dienone is 2. The fourth-order valence-corrected chi connectivity index (χ4v) is 1.61. The van der Waals surface area contributed by atoms with Gasteiger partial charge in [0.1, 0.15) is 6.04 Å². The van der Waals surface area contributed by atoms with Gasteiger partial charge in [-0.2, -0.15) is 0 Å². The lowest BCUT2D eigenvalue weighted by Crippen LogP contribution is -2.31. The highest BCUT2D eigenvalue weighted by Crippen LogP contribution is 2.16. The van der Waals surface area contributed by atoms with Crippen molar-refractivity contribution in [2.75, 3.05) is 7.11 Å². The number of ether oxygens (including phenoxy) is 1. The van der Waals surface area contributed by atoms with Gasteiger partial charge in [-0.05, 0) is 19.3 Å². The molecule has 0 amide bonds. The molecule has 4 heteroatoms. The number of hydrogen-bond donors (Lipinski definition) is 1. The van der Waals surface area contributed by atoms with Gasteiger partial charge in [0.15, 0.2) is 5.78 Å². The maximum atomic E-state index is 11.3. The Morgan fingerprint density at radius 1 is 1.60 bits per heavy atom. The molecule has 0 aromatic carbocycles. The van der Waals surface area contributed by atoms with Gasteiger partial charge in [0.2, 0.25) is 0 Å². The van der Waals surface area contributed by atoms with Crippen LogP contribution in [0.25, 0.3) is 0 Å². The number of carbonyl (C=O) groups excluding carboxylic acids is 2. The lowest BCUT2D eigenvalue weighted by Gasteiger charge is -2.07. The molecular weight excluding hydrogens is 194 g/mol. The summed E-state index contributed by atoms with van der Waals surface area (Å²) in [5, 5.41) is 3.00. The first-order valence-electron chi connectivity index (χ1n) is 5.25. The van der Waals surface area contributed by atoms with Crippen LogP contribution >= 0.6 is 0 Å². The Labute approximate surface area is 89.7 Å². The number of methoxy groups -OCH3 is 1. The minimum absolute atomic E-state index is 0.116. The minimum atomic E-state index is -0.282. The number of rotatable bonds is 4. The van der Waals surface area contributed by atoms with E-state index in [9.17, 15) is 9.59 Å². The maximum absolute atomic E-state index is 11.3. The van der Waals surface area contributed by atoms with Crippen LogP contribution in [-0.2, 0) is 14.3 Å². The summed E-state index contributed by atoms with van der Waals surface area (Å²) in [7, 11) is 1.37. The van der Waals surface area contributed by atoms with Crippen molar-refractivity contribution in [2.45, 2.75) is 38.6 Å². The number of ketones is 1. The highest BCUT2D eigenvalue weighted by Gasteiger charge is 2.25. The Morgan fingerprint density at radius 2 is 2.33 bits per heavy atom. The summed E-state index contributed by atoms with van der Waals surface area (Å²) in [6.07, 6.45) is 4.47. The highest BCUT2D eigenvalue weighted by molar-refractivity contribution is 5.90. The molecule has 4 nitrogen and oxygen atoms in total. The fraction of sp³-hybridized carbons (Fsp3) is 0.636. The van der Waals surface area contributed by atoms with E-state index in [4.69, 9.17) is 0 Å². The lowest BCUT2D eigenvalue weighted by atomic mass is 10.2. The predicted molar refractivity (Wildman–Crippen MR) is 56.2 cm³/mol. The van der Waals surface area contributed by atoms with E-state index in [1.54, 1.807) is 6.08 Å². The number of nitrogens with one attached hydrogen (secondary N) is 1. The first-order chi connectivity index (χ1) is 7.17. The molecule has 1 aliphatic heterocycles. The van der Waals surface area contributed by atoms with Crippen LogP contribution in [0.5, 0.6) is 0 Å². The molecule has 0 aliphatic carbocycles. The van der Waals surface area contributed by atoms with E-state index in [1.807, 2.05) is 6.92 Å². The maximum Gasteiger partial charge on any atom is 0.328 e. The van der Waals surface area contributed by atoms with Crippen molar-refractivity contribution in [3.63, 3.8) is 0 Å². The average Bonchev–Trinajstić information content (AvgIpc) is 2.65. The topological polar surface area (TPSA) is 55.4 Å². The quantitative estimate of drug-likeness (QED) is 0.560. The number of hydrogen-bond acceptors (Lipinski definition) is 4. The molecule has 1 aliphatic rings. The number of carbonyl (C=O) groups is 2. The Bertz CT molecular complexity index is 284. The molecule has 0 spiro atoms. The summed E-state index contributed by atoms with van der Waals surface area (Å²) in [6, 6.07) is -0.282. The molecule has 1 N–H and O–H groups in total. The molecule has 1 atom stereocenters. The molecule has 0 radical (unpaired) electrons. The van der Waals surface area contributed by atoms with Crippen molar-refractivity contribution in [1.29, 1.82) is 0 Å². The molecule has 15 heavy (non-hydrogen) atoms.